The molecule has 1 N–H and O–H groups in total. The van der Waals surface area contributed by atoms with E-state index in [0.717, 1.165) is 21.6 Å². The molecule has 1 heterocycles. The van der Waals surface area contributed by atoms with E-state index in [1.54, 1.807) is 7.11 Å². The summed E-state index contributed by atoms with van der Waals surface area (Å²) in [7, 11) is 1.64. The SMILES string of the molecule is COc1ccc(Br)c(-c2n[nH]c(C(C)C)n2)c1. The maximum atomic E-state index is 5.20. The highest BCUT2D eigenvalue weighted by molar-refractivity contribution is 9.10. The summed E-state index contributed by atoms with van der Waals surface area (Å²) in [5, 5.41) is 7.17. The molecule has 0 bridgehead atoms. The Hall–Kier alpha value is -1.36. The van der Waals surface area contributed by atoms with Gasteiger partial charge in [0.15, 0.2) is 5.82 Å². The van der Waals surface area contributed by atoms with Crippen LogP contribution in [0.15, 0.2) is 22.7 Å². The maximum absolute atomic E-state index is 5.20. The van der Waals surface area contributed by atoms with Gasteiger partial charge in [-0.1, -0.05) is 29.8 Å². The van der Waals surface area contributed by atoms with E-state index in [1.807, 2.05) is 18.2 Å². The van der Waals surface area contributed by atoms with Crippen molar-refractivity contribution in [2.45, 2.75) is 19.8 Å². The first-order valence-electron chi connectivity index (χ1n) is 5.38. The quantitative estimate of drug-likeness (QED) is 0.944. The Kier molecular flexibility index (Phi) is 3.47. The fourth-order valence-electron chi connectivity index (χ4n) is 1.46. The molecule has 0 aliphatic carbocycles. The summed E-state index contributed by atoms with van der Waals surface area (Å²) in [6, 6.07) is 5.74. The lowest BCUT2D eigenvalue weighted by Gasteiger charge is -2.03. The molecule has 90 valence electrons. The largest absolute Gasteiger partial charge is 0.497 e. The molecule has 0 aliphatic rings. The molecule has 2 aromatic rings. The van der Waals surface area contributed by atoms with Crippen molar-refractivity contribution in [3.8, 4) is 17.1 Å². The summed E-state index contributed by atoms with van der Waals surface area (Å²) in [6.45, 7) is 4.15. The molecular formula is C12H14BrN3O. The van der Waals surface area contributed by atoms with E-state index in [1.165, 1.54) is 0 Å². The van der Waals surface area contributed by atoms with Gasteiger partial charge < -0.3 is 4.74 Å². The first kappa shape index (κ1) is 12.1. The second-order valence-electron chi connectivity index (χ2n) is 4.04. The fourth-order valence-corrected chi connectivity index (χ4v) is 1.88. The lowest BCUT2D eigenvalue weighted by Crippen LogP contribution is -1.90. The monoisotopic (exact) mass is 295 g/mol. The minimum Gasteiger partial charge on any atom is -0.497 e. The highest BCUT2D eigenvalue weighted by Gasteiger charge is 2.12. The average molecular weight is 296 g/mol. The summed E-state index contributed by atoms with van der Waals surface area (Å²) < 4.78 is 6.15. The third kappa shape index (κ3) is 2.49. The van der Waals surface area contributed by atoms with E-state index in [4.69, 9.17) is 4.74 Å². The predicted octanol–water partition coefficient (Wildman–Crippen LogP) is 3.37. The van der Waals surface area contributed by atoms with Gasteiger partial charge >= 0.3 is 0 Å². The normalized spacial score (nSPS) is 10.9. The predicted molar refractivity (Wildman–Crippen MR) is 70.2 cm³/mol. The summed E-state index contributed by atoms with van der Waals surface area (Å²) in [5.74, 6) is 2.69. The lowest BCUT2D eigenvalue weighted by atomic mass is 10.2. The zero-order valence-corrected chi connectivity index (χ0v) is 11.6. The fraction of sp³-hybridized carbons (Fsp3) is 0.333. The van der Waals surface area contributed by atoms with E-state index in [-0.39, 0.29) is 0 Å². The minimum atomic E-state index is 0.334. The number of nitrogens with one attached hydrogen (secondary N) is 1. The number of aromatic nitrogens is 3. The van der Waals surface area contributed by atoms with Crippen molar-refractivity contribution in [2.75, 3.05) is 7.11 Å². The zero-order chi connectivity index (χ0) is 12.4. The molecule has 2 rings (SSSR count). The molecule has 0 radical (unpaired) electrons. The highest BCUT2D eigenvalue weighted by atomic mass is 79.9. The Labute approximate surface area is 109 Å². The first-order chi connectivity index (χ1) is 8.11. The number of methoxy groups -OCH3 is 1. The molecule has 1 aromatic carbocycles. The third-order valence-electron chi connectivity index (χ3n) is 2.46. The number of ether oxygens (including phenoxy) is 1. The van der Waals surface area contributed by atoms with Crippen LogP contribution in [-0.2, 0) is 0 Å². The van der Waals surface area contributed by atoms with Gasteiger partial charge in [0.2, 0.25) is 0 Å². The van der Waals surface area contributed by atoms with E-state index < -0.39 is 0 Å². The molecule has 1 aromatic heterocycles. The molecule has 0 atom stereocenters. The van der Waals surface area contributed by atoms with E-state index in [0.29, 0.717) is 11.7 Å². The van der Waals surface area contributed by atoms with Gasteiger partial charge in [-0.3, -0.25) is 5.10 Å². The summed E-state index contributed by atoms with van der Waals surface area (Å²) >= 11 is 3.49. The second kappa shape index (κ2) is 4.87. The van der Waals surface area contributed by atoms with E-state index >= 15 is 0 Å². The Bertz CT molecular complexity index is 522. The Morgan fingerprint density at radius 1 is 1.35 bits per heavy atom. The number of H-pyrrole nitrogens is 1. The van der Waals surface area contributed by atoms with Gasteiger partial charge in [0.05, 0.1) is 7.11 Å². The Balaban J connectivity index is 2.44. The van der Waals surface area contributed by atoms with Gasteiger partial charge in [0.25, 0.3) is 0 Å². The average Bonchev–Trinajstić information content (AvgIpc) is 2.79. The van der Waals surface area contributed by atoms with Gasteiger partial charge in [-0.2, -0.15) is 5.10 Å². The Morgan fingerprint density at radius 2 is 2.12 bits per heavy atom. The van der Waals surface area contributed by atoms with Crippen LogP contribution in [0.25, 0.3) is 11.4 Å². The van der Waals surface area contributed by atoms with Crippen molar-refractivity contribution in [3.05, 3.63) is 28.5 Å². The van der Waals surface area contributed by atoms with E-state index in [9.17, 15) is 0 Å². The van der Waals surface area contributed by atoms with Crippen molar-refractivity contribution in [2.24, 2.45) is 0 Å². The molecular weight excluding hydrogens is 282 g/mol. The lowest BCUT2D eigenvalue weighted by molar-refractivity contribution is 0.415. The summed E-state index contributed by atoms with van der Waals surface area (Å²) in [6.07, 6.45) is 0. The molecule has 0 spiro atoms. The molecule has 5 heteroatoms. The van der Waals surface area contributed by atoms with Crippen LogP contribution in [0.4, 0.5) is 0 Å². The zero-order valence-electron chi connectivity index (χ0n) is 9.99. The molecule has 0 unspecified atom stereocenters. The van der Waals surface area contributed by atoms with Crippen LogP contribution in [-0.4, -0.2) is 22.3 Å². The van der Waals surface area contributed by atoms with Gasteiger partial charge in [-0.15, -0.1) is 0 Å². The number of halogens is 1. The first-order valence-corrected chi connectivity index (χ1v) is 6.17. The third-order valence-corrected chi connectivity index (χ3v) is 3.16. The highest BCUT2D eigenvalue weighted by Crippen LogP contribution is 2.30. The molecule has 0 aliphatic heterocycles. The number of benzene rings is 1. The summed E-state index contributed by atoms with van der Waals surface area (Å²) in [4.78, 5) is 4.46. The van der Waals surface area contributed by atoms with Crippen molar-refractivity contribution < 1.29 is 4.74 Å². The van der Waals surface area contributed by atoms with Crippen LogP contribution in [0.5, 0.6) is 5.75 Å². The smallest absolute Gasteiger partial charge is 0.182 e. The van der Waals surface area contributed by atoms with Gasteiger partial charge in [-0.25, -0.2) is 4.98 Å². The van der Waals surface area contributed by atoms with Crippen molar-refractivity contribution >= 4 is 15.9 Å². The van der Waals surface area contributed by atoms with Crippen LogP contribution in [0.1, 0.15) is 25.6 Å². The van der Waals surface area contributed by atoms with Crippen LogP contribution in [0.2, 0.25) is 0 Å². The molecule has 0 fully saturated rings. The number of rotatable bonds is 3. The molecule has 0 amide bonds. The molecule has 0 saturated heterocycles. The van der Waals surface area contributed by atoms with Crippen LogP contribution in [0, 0.1) is 0 Å². The van der Waals surface area contributed by atoms with E-state index in [2.05, 4.69) is 45.0 Å². The standard InChI is InChI=1S/C12H14BrN3O/c1-7(2)11-14-12(16-15-11)9-6-8(17-3)4-5-10(9)13/h4-7H,1-3H3,(H,14,15,16). The number of hydrogen-bond donors (Lipinski definition) is 1. The van der Waals surface area contributed by atoms with Gasteiger partial charge in [0, 0.05) is 16.0 Å². The van der Waals surface area contributed by atoms with Crippen molar-refractivity contribution in [1.29, 1.82) is 0 Å². The molecule has 4 nitrogen and oxygen atoms in total. The van der Waals surface area contributed by atoms with Crippen molar-refractivity contribution in [1.82, 2.24) is 15.2 Å². The topological polar surface area (TPSA) is 50.8 Å². The summed E-state index contributed by atoms with van der Waals surface area (Å²) in [5.41, 5.74) is 0.924. The minimum absolute atomic E-state index is 0.334. The van der Waals surface area contributed by atoms with Crippen LogP contribution in [0.3, 0.4) is 0 Å². The van der Waals surface area contributed by atoms with Crippen molar-refractivity contribution in [3.63, 3.8) is 0 Å². The second-order valence-corrected chi connectivity index (χ2v) is 4.90. The van der Waals surface area contributed by atoms with Crippen LogP contribution >= 0.6 is 15.9 Å². The number of hydrogen-bond acceptors (Lipinski definition) is 3. The number of aromatic amines is 1. The molecule has 0 saturated carbocycles. The number of nitrogens with zero attached hydrogens (tertiary/aromatic N) is 2. The van der Waals surface area contributed by atoms with Crippen LogP contribution < -0.4 is 4.74 Å². The van der Waals surface area contributed by atoms with Gasteiger partial charge in [-0.05, 0) is 18.2 Å². The molecule has 17 heavy (non-hydrogen) atoms. The maximum Gasteiger partial charge on any atom is 0.182 e. The van der Waals surface area contributed by atoms with Gasteiger partial charge in [0.1, 0.15) is 11.6 Å². The Morgan fingerprint density at radius 3 is 2.71 bits per heavy atom.